The van der Waals surface area contributed by atoms with Crippen molar-refractivity contribution in [3.63, 3.8) is 0 Å². The summed E-state index contributed by atoms with van der Waals surface area (Å²) in [6.45, 7) is 5.87. The van der Waals surface area contributed by atoms with E-state index in [0.717, 1.165) is 30.5 Å². The first-order chi connectivity index (χ1) is 14.4. The second-order valence-corrected chi connectivity index (χ2v) is 7.88. The number of carbonyl (C=O) groups is 3. The molecule has 2 aromatic carbocycles. The van der Waals surface area contributed by atoms with Crippen LogP contribution < -0.4 is 15.5 Å². The average molecular weight is 408 g/mol. The Bertz CT molecular complexity index is 937. The van der Waals surface area contributed by atoms with Gasteiger partial charge in [-0.2, -0.15) is 0 Å². The minimum atomic E-state index is -0.396. The number of aryl methyl sites for hydroxylation is 2. The van der Waals surface area contributed by atoms with E-state index in [1.54, 1.807) is 17.0 Å². The maximum atomic E-state index is 12.7. The molecule has 3 amide bonds. The fraction of sp³-hybridized carbons (Fsp3) is 0.375. The van der Waals surface area contributed by atoms with Crippen LogP contribution in [0.4, 0.5) is 17.1 Å². The number of hydrogen-bond acceptors (Lipinski definition) is 3. The highest BCUT2D eigenvalue weighted by Crippen LogP contribution is 2.27. The predicted octanol–water partition coefficient (Wildman–Crippen LogP) is 4.29. The van der Waals surface area contributed by atoms with Crippen molar-refractivity contribution in [2.45, 2.75) is 46.5 Å². The van der Waals surface area contributed by atoms with Gasteiger partial charge in [-0.25, -0.2) is 0 Å². The standard InChI is InChI=1S/C24H29N3O3/c1-4-5-6-18-7-10-21(11-8-18)27-15-19(14-23(27)29)24(30)26-20-9-12-22(16(2)13-20)25-17(3)28/h7-13,19H,4-6,14-15H2,1-3H3,(H,25,28)(H,26,30). The minimum absolute atomic E-state index is 0.0337. The zero-order valence-corrected chi connectivity index (χ0v) is 17.8. The summed E-state index contributed by atoms with van der Waals surface area (Å²) >= 11 is 0. The van der Waals surface area contributed by atoms with Crippen molar-refractivity contribution in [2.24, 2.45) is 5.92 Å². The lowest BCUT2D eigenvalue weighted by molar-refractivity contribution is -0.122. The number of carbonyl (C=O) groups excluding carboxylic acids is 3. The van der Waals surface area contributed by atoms with Gasteiger partial charge in [0.25, 0.3) is 0 Å². The summed E-state index contributed by atoms with van der Waals surface area (Å²) in [6.07, 6.45) is 3.54. The number of unbranched alkanes of at least 4 members (excludes halogenated alkanes) is 1. The SMILES string of the molecule is CCCCc1ccc(N2CC(C(=O)Nc3ccc(NC(C)=O)c(C)c3)CC2=O)cc1. The number of nitrogens with zero attached hydrogens (tertiary/aromatic N) is 1. The molecule has 0 radical (unpaired) electrons. The van der Waals surface area contributed by atoms with Crippen molar-refractivity contribution in [1.29, 1.82) is 0 Å². The summed E-state index contributed by atoms with van der Waals surface area (Å²) in [5.74, 6) is -0.740. The molecule has 1 fully saturated rings. The molecule has 6 heteroatoms. The summed E-state index contributed by atoms with van der Waals surface area (Å²) < 4.78 is 0. The monoisotopic (exact) mass is 407 g/mol. The van der Waals surface area contributed by atoms with Crippen molar-refractivity contribution >= 4 is 34.8 Å². The molecule has 1 heterocycles. The molecule has 2 aromatic rings. The van der Waals surface area contributed by atoms with Crippen LogP contribution in [0.3, 0.4) is 0 Å². The maximum absolute atomic E-state index is 12.7. The van der Waals surface area contributed by atoms with Gasteiger partial charge in [-0.05, 0) is 61.2 Å². The first kappa shape index (κ1) is 21.6. The van der Waals surface area contributed by atoms with Gasteiger partial charge < -0.3 is 15.5 Å². The van der Waals surface area contributed by atoms with Crippen LogP contribution in [0.5, 0.6) is 0 Å². The average Bonchev–Trinajstić information content (AvgIpc) is 3.10. The molecule has 30 heavy (non-hydrogen) atoms. The number of rotatable bonds is 7. The summed E-state index contributed by atoms with van der Waals surface area (Å²) in [6, 6.07) is 13.4. The zero-order valence-electron chi connectivity index (χ0n) is 17.8. The van der Waals surface area contributed by atoms with Crippen LogP contribution in [0.15, 0.2) is 42.5 Å². The second kappa shape index (κ2) is 9.57. The van der Waals surface area contributed by atoms with E-state index in [2.05, 4.69) is 29.7 Å². The molecule has 1 aliphatic heterocycles. The smallest absolute Gasteiger partial charge is 0.229 e. The highest BCUT2D eigenvalue weighted by molar-refractivity contribution is 6.03. The van der Waals surface area contributed by atoms with E-state index in [0.29, 0.717) is 17.9 Å². The molecular formula is C24H29N3O3. The van der Waals surface area contributed by atoms with Gasteiger partial charge in [-0.3, -0.25) is 14.4 Å². The molecule has 3 rings (SSSR count). The molecular weight excluding hydrogens is 378 g/mol. The van der Waals surface area contributed by atoms with Crippen LogP contribution in [0.1, 0.15) is 44.2 Å². The van der Waals surface area contributed by atoms with E-state index in [1.807, 2.05) is 25.1 Å². The number of anilines is 3. The Morgan fingerprint density at radius 3 is 2.47 bits per heavy atom. The molecule has 158 valence electrons. The lowest BCUT2D eigenvalue weighted by atomic mass is 10.1. The first-order valence-electron chi connectivity index (χ1n) is 10.5. The topological polar surface area (TPSA) is 78.5 Å². The van der Waals surface area contributed by atoms with E-state index < -0.39 is 5.92 Å². The first-order valence-corrected chi connectivity index (χ1v) is 10.5. The zero-order chi connectivity index (χ0) is 21.7. The van der Waals surface area contributed by atoms with Crippen LogP contribution >= 0.6 is 0 Å². The summed E-state index contributed by atoms with van der Waals surface area (Å²) in [5.41, 5.74) is 4.32. The van der Waals surface area contributed by atoms with Gasteiger partial charge in [-0.1, -0.05) is 25.5 Å². The Labute approximate surface area is 177 Å². The van der Waals surface area contributed by atoms with Gasteiger partial charge in [0.15, 0.2) is 0 Å². The number of amides is 3. The normalized spacial score (nSPS) is 15.9. The molecule has 1 unspecified atom stereocenters. The van der Waals surface area contributed by atoms with Crippen molar-refractivity contribution in [3.05, 3.63) is 53.6 Å². The van der Waals surface area contributed by atoms with Gasteiger partial charge in [-0.15, -0.1) is 0 Å². The van der Waals surface area contributed by atoms with Gasteiger partial charge in [0.05, 0.1) is 5.92 Å². The third-order valence-electron chi connectivity index (χ3n) is 5.37. The van der Waals surface area contributed by atoms with Crippen LogP contribution in [-0.2, 0) is 20.8 Å². The van der Waals surface area contributed by atoms with Crippen LogP contribution in [0.2, 0.25) is 0 Å². The van der Waals surface area contributed by atoms with Gasteiger partial charge in [0, 0.05) is 37.0 Å². The molecule has 6 nitrogen and oxygen atoms in total. The van der Waals surface area contributed by atoms with Crippen molar-refractivity contribution in [1.82, 2.24) is 0 Å². The Kier molecular flexibility index (Phi) is 6.87. The Morgan fingerprint density at radius 2 is 1.83 bits per heavy atom. The molecule has 2 N–H and O–H groups in total. The summed E-state index contributed by atoms with van der Waals surface area (Å²) in [5, 5.41) is 5.65. The Balaban J connectivity index is 1.62. The predicted molar refractivity (Wildman–Crippen MR) is 120 cm³/mol. The Morgan fingerprint density at radius 1 is 1.10 bits per heavy atom. The number of hydrogen-bond donors (Lipinski definition) is 2. The largest absolute Gasteiger partial charge is 0.326 e. The van der Waals surface area contributed by atoms with Crippen LogP contribution in [-0.4, -0.2) is 24.3 Å². The lowest BCUT2D eigenvalue weighted by Crippen LogP contribution is -2.28. The highest BCUT2D eigenvalue weighted by Gasteiger charge is 2.35. The Hall–Kier alpha value is -3.15. The van der Waals surface area contributed by atoms with E-state index in [1.165, 1.54) is 12.5 Å². The minimum Gasteiger partial charge on any atom is -0.326 e. The van der Waals surface area contributed by atoms with Gasteiger partial charge in [0.2, 0.25) is 17.7 Å². The fourth-order valence-electron chi connectivity index (χ4n) is 3.67. The molecule has 1 aliphatic rings. The number of benzene rings is 2. The van der Waals surface area contributed by atoms with Crippen LogP contribution in [0, 0.1) is 12.8 Å². The molecule has 1 atom stereocenters. The second-order valence-electron chi connectivity index (χ2n) is 7.88. The molecule has 1 saturated heterocycles. The fourth-order valence-corrected chi connectivity index (χ4v) is 3.67. The van der Waals surface area contributed by atoms with E-state index in [4.69, 9.17) is 0 Å². The van der Waals surface area contributed by atoms with Crippen LogP contribution in [0.25, 0.3) is 0 Å². The molecule has 0 aliphatic carbocycles. The van der Waals surface area contributed by atoms with Gasteiger partial charge >= 0.3 is 0 Å². The molecule has 0 spiro atoms. The molecule has 0 bridgehead atoms. The number of nitrogens with one attached hydrogen (secondary N) is 2. The quantitative estimate of drug-likeness (QED) is 0.719. The van der Waals surface area contributed by atoms with Crippen molar-refractivity contribution < 1.29 is 14.4 Å². The summed E-state index contributed by atoms with van der Waals surface area (Å²) in [4.78, 5) is 38.2. The van der Waals surface area contributed by atoms with E-state index in [9.17, 15) is 14.4 Å². The third kappa shape index (κ3) is 5.26. The molecule has 0 saturated carbocycles. The highest BCUT2D eigenvalue weighted by atomic mass is 16.2. The van der Waals surface area contributed by atoms with Crippen molar-refractivity contribution in [3.8, 4) is 0 Å². The van der Waals surface area contributed by atoms with Gasteiger partial charge in [0.1, 0.15) is 0 Å². The summed E-state index contributed by atoms with van der Waals surface area (Å²) in [7, 11) is 0. The lowest BCUT2D eigenvalue weighted by Gasteiger charge is -2.17. The molecule has 0 aromatic heterocycles. The maximum Gasteiger partial charge on any atom is 0.229 e. The van der Waals surface area contributed by atoms with Crippen molar-refractivity contribution in [2.75, 3.05) is 22.1 Å². The van der Waals surface area contributed by atoms with E-state index >= 15 is 0 Å². The van der Waals surface area contributed by atoms with E-state index in [-0.39, 0.29) is 24.1 Å². The third-order valence-corrected chi connectivity index (χ3v) is 5.37.